The molecule has 0 aliphatic carbocycles. The molecule has 30 heavy (non-hydrogen) atoms. The van der Waals surface area contributed by atoms with Gasteiger partial charge in [-0.05, 0) is 57.5 Å². The maximum atomic E-state index is 13.0. The molecule has 0 saturated heterocycles. The molecule has 7 heteroatoms. The Morgan fingerprint density at radius 1 is 0.933 bits per heavy atom. The number of rotatable bonds is 2. The third-order valence-electron chi connectivity index (χ3n) is 5.59. The second-order valence-electron chi connectivity index (χ2n) is 7.84. The molecular formula is C23H22N6O. The zero-order valence-electron chi connectivity index (χ0n) is 17.6. The number of hydrogen-bond acceptors (Lipinski definition) is 4. The van der Waals surface area contributed by atoms with Crippen LogP contribution in [0.4, 0.5) is 0 Å². The van der Waals surface area contributed by atoms with Crippen molar-refractivity contribution < 1.29 is 0 Å². The summed E-state index contributed by atoms with van der Waals surface area (Å²) in [5, 5.41) is 12.8. The highest BCUT2D eigenvalue weighted by Crippen LogP contribution is 2.29. The van der Waals surface area contributed by atoms with Crippen molar-refractivity contribution in [2.75, 3.05) is 0 Å². The number of aromatic nitrogens is 6. The van der Waals surface area contributed by atoms with E-state index in [0.29, 0.717) is 5.39 Å². The number of benzene rings is 1. The fourth-order valence-corrected chi connectivity index (χ4v) is 4.22. The second kappa shape index (κ2) is 6.38. The van der Waals surface area contributed by atoms with Gasteiger partial charge in [0, 0.05) is 41.3 Å². The van der Waals surface area contributed by atoms with Gasteiger partial charge in [-0.15, -0.1) is 0 Å². The maximum absolute atomic E-state index is 13.0. The summed E-state index contributed by atoms with van der Waals surface area (Å²) < 4.78 is 3.50. The number of nitrogens with one attached hydrogen (secondary N) is 1. The zero-order valence-corrected chi connectivity index (χ0v) is 17.6. The van der Waals surface area contributed by atoms with Gasteiger partial charge in [-0.1, -0.05) is 6.07 Å². The van der Waals surface area contributed by atoms with Crippen LogP contribution in [0.15, 0.2) is 41.2 Å². The van der Waals surface area contributed by atoms with Crippen molar-refractivity contribution in [1.29, 1.82) is 0 Å². The first-order chi connectivity index (χ1) is 14.3. The van der Waals surface area contributed by atoms with E-state index in [1.54, 1.807) is 11.6 Å². The minimum absolute atomic E-state index is 0.0433. The van der Waals surface area contributed by atoms with Crippen molar-refractivity contribution in [3.8, 4) is 22.4 Å². The predicted octanol–water partition coefficient (Wildman–Crippen LogP) is 3.87. The number of H-pyrrole nitrogens is 1. The van der Waals surface area contributed by atoms with E-state index in [2.05, 4.69) is 15.2 Å². The van der Waals surface area contributed by atoms with Gasteiger partial charge in [0.1, 0.15) is 5.65 Å². The van der Waals surface area contributed by atoms with E-state index in [9.17, 15) is 4.79 Å². The lowest BCUT2D eigenvalue weighted by Gasteiger charge is -2.08. The Bertz CT molecular complexity index is 1480. The van der Waals surface area contributed by atoms with Crippen molar-refractivity contribution in [2.24, 2.45) is 7.05 Å². The Balaban J connectivity index is 1.83. The molecule has 150 valence electrons. The highest BCUT2D eigenvalue weighted by molar-refractivity contribution is 5.87. The van der Waals surface area contributed by atoms with Gasteiger partial charge in [0.25, 0.3) is 5.56 Å². The van der Waals surface area contributed by atoms with Gasteiger partial charge in [0.05, 0.1) is 22.3 Å². The summed E-state index contributed by atoms with van der Waals surface area (Å²) >= 11 is 0. The van der Waals surface area contributed by atoms with Crippen LogP contribution in [0.5, 0.6) is 0 Å². The maximum Gasteiger partial charge on any atom is 0.261 e. The topological polar surface area (TPSA) is 80.9 Å². The van der Waals surface area contributed by atoms with Crippen LogP contribution in [0, 0.1) is 27.7 Å². The van der Waals surface area contributed by atoms with E-state index in [1.807, 2.05) is 68.6 Å². The van der Waals surface area contributed by atoms with Crippen LogP contribution in [0.1, 0.15) is 22.8 Å². The lowest BCUT2D eigenvalue weighted by molar-refractivity contribution is 0.850. The monoisotopic (exact) mass is 398 g/mol. The summed E-state index contributed by atoms with van der Waals surface area (Å²) in [6, 6.07) is 11.8. The number of aryl methyl sites for hydroxylation is 5. The molecule has 0 fully saturated rings. The Hall–Kier alpha value is -3.74. The first-order valence-corrected chi connectivity index (χ1v) is 9.83. The number of fused-ring (bicyclic) bond motifs is 3. The van der Waals surface area contributed by atoms with Crippen LogP contribution in [0.2, 0.25) is 0 Å². The van der Waals surface area contributed by atoms with Gasteiger partial charge in [-0.25, -0.2) is 4.52 Å². The Labute approximate surface area is 173 Å². The minimum Gasteiger partial charge on any atom is -0.296 e. The van der Waals surface area contributed by atoms with Gasteiger partial charge in [-0.2, -0.15) is 10.2 Å². The van der Waals surface area contributed by atoms with E-state index < -0.39 is 0 Å². The predicted molar refractivity (Wildman–Crippen MR) is 118 cm³/mol. The lowest BCUT2D eigenvalue weighted by atomic mass is 10.0. The largest absolute Gasteiger partial charge is 0.296 e. The molecular weight excluding hydrogens is 376 g/mol. The van der Waals surface area contributed by atoms with Gasteiger partial charge >= 0.3 is 0 Å². The highest BCUT2D eigenvalue weighted by atomic mass is 16.1. The standard InChI is InChI=1S/C23H22N6O/c1-12-8-17(9-13(2)24-12)19-11-21-28(5)23(30)18-7-6-16(10-20(18)29(21)27-19)22-14(3)25-26-15(22)4/h6-11H,1-5H3,(H,25,26). The van der Waals surface area contributed by atoms with Crippen LogP contribution < -0.4 is 5.56 Å². The molecule has 0 spiro atoms. The molecule has 5 rings (SSSR count). The van der Waals surface area contributed by atoms with E-state index in [0.717, 1.165) is 56.3 Å². The summed E-state index contributed by atoms with van der Waals surface area (Å²) in [6.45, 7) is 7.92. The molecule has 0 atom stereocenters. The summed E-state index contributed by atoms with van der Waals surface area (Å²) in [5.41, 5.74) is 9.14. The quantitative estimate of drug-likeness (QED) is 0.489. The van der Waals surface area contributed by atoms with Crippen LogP contribution in [0.3, 0.4) is 0 Å². The number of pyridine rings is 1. The van der Waals surface area contributed by atoms with E-state index in [4.69, 9.17) is 5.10 Å². The third-order valence-corrected chi connectivity index (χ3v) is 5.59. The number of hydrogen-bond donors (Lipinski definition) is 1. The van der Waals surface area contributed by atoms with Gasteiger partial charge in [-0.3, -0.25) is 19.4 Å². The van der Waals surface area contributed by atoms with Crippen LogP contribution in [0.25, 0.3) is 38.9 Å². The fraction of sp³-hybridized carbons (Fsp3) is 0.217. The Morgan fingerprint density at radius 2 is 1.67 bits per heavy atom. The van der Waals surface area contributed by atoms with E-state index in [-0.39, 0.29) is 5.56 Å². The Morgan fingerprint density at radius 3 is 2.33 bits per heavy atom. The zero-order chi connectivity index (χ0) is 21.2. The molecule has 0 saturated carbocycles. The second-order valence-corrected chi connectivity index (χ2v) is 7.84. The summed E-state index contributed by atoms with van der Waals surface area (Å²) in [7, 11) is 1.78. The smallest absolute Gasteiger partial charge is 0.261 e. The summed E-state index contributed by atoms with van der Waals surface area (Å²) in [4.78, 5) is 17.5. The van der Waals surface area contributed by atoms with Gasteiger partial charge in [0.15, 0.2) is 0 Å². The fourth-order valence-electron chi connectivity index (χ4n) is 4.22. The molecule has 5 aromatic rings. The summed E-state index contributed by atoms with van der Waals surface area (Å²) in [5.74, 6) is 0. The SMILES string of the molecule is Cc1cc(-c2cc3n(C)c(=O)c4ccc(-c5c(C)n[nH]c5C)cc4n3n2)cc(C)n1. The van der Waals surface area contributed by atoms with Crippen LogP contribution >= 0.6 is 0 Å². The molecule has 1 N–H and O–H groups in total. The lowest BCUT2D eigenvalue weighted by Crippen LogP contribution is -2.19. The molecule has 1 aromatic carbocycles. The number of nitrogens with zero attached hydrogens (tertiary/aromatic N) is 5. The molecule has 0 unspecified atom stereocenters. The van der Waals surface area contributed by atoms with Crippen molar-refractivity contribution in [2.45, 2.75) is 27.7 Å². The van der Waals surface area contributed by atoms with Crippen molar-refractivity contribution >= 4 is 16.6 Å². The minimum atomic E-state index is -0.0433. The average Bonchev–Trinajstić information content (AvgIpc) is 3.29. The van der Waals surface area contributed by atoms with Gasteiger partial charge < -0.3 is 0 Å². The molecule has 0 bridgehead atoms. The molecule has 0 aliphatic heterocycles. The van der Waals surface area contributed by atoms with Crippen molar-refractivity contribution in [3.05, 3.63) is 69.5 Å². The van der Waals surface area contributed by atoms with Crippen LogP contribution in [-0.2, 0) is 7.05 Å². The molecule has 4 aromatic heterocycles. The molecule has 7 nitrogen and oxygen atoms in total. The molecule has 0 amide bonds. The van der Waals surface area contributed by atoms with Crippen molar-refractivity contribution in [1.82, 2.24) is 29.4 Å². The molecule has 4 heterocycles. The van der Waals surface area contributed by atoms with Gasteiger partial charge in [0.2, 0.25) is 0 Å². The highest BCUT2D eigenvalue weighted by Gasteiger charge is 2.16. The number of aromatic amines is 1. The van der Waals surface area contributed by atoms with Crippen molar-refractivity contribution in [3.63, 3.8) is 0 Å². The third kappa shape index (κ3) is 2.66. The summed E-state index contributed by atoms with van der Waals surface area (Å²) in [6.07, 6.45) is 0. The average molecular weight is 398 g/mol. The molecule has 0 aliphatic rings. The normalized spacial score (nSPS) is 11.6. The first-order valence-electron chi connectivity index (χ1n) is 9.83. The Kier molecular flexibility index (Phi) is 3.89. The molecule has 0 radical (unpaired) electrons. The van der Waals surface area contributed by atoms with Crippen LogP contribution in [-0.4, -0.2) is 29.4 Å². The van der Waals surface area contributed by atoms with E-state index in [1.165, 1.54) is 0 Å². The first kappa shape index (κ1) is 18.3. The van der Waals surface area contributed by atoms with E-state index >= 15 is 0 Å².